The number of carbonyl (C=O) groups is 1. The van der Waals surface area contributed by atoms with E-state index in [0.717, 1.165) is 15.7 Å². The van der Waals surface area contributed by atoms with Gasteiger partial charge in [0.15, 0.2) is 5.82 Å². The maximum atomic E-state index is 12.0. The molecule has 6 nitrogen and oxygen atoms in total. The Bertz CT molecular complexity index is 617. The standard InChI is InChI=1S/C12H12BrN5O/c1-7-4-8(13)2-3-9(7)17-12(19)10-5-15-6-11(16-10)18-14/h2-6H,14H2,1H3,(H,16,18)(H,17,19). The number of nitrogens with one attached hydrogen (secondary N) is 2. The van der Waals surface area contributed by atoms with Crippen molar-refractivity contribution in [3.8, 4) is 0 Å². The molecule has 19 heavy (non-hydrogen) atoms. The molecular formula is C12H12BrN5O. The van der Waals surface area contributed by atoms with Crippen LogP contribution in [0.4, 0.5) is 11.5 Å². The molecule has 0 aliphatic rings. The number of hydrogen-bond donors (Lipinski definition) is 3. The molecule has 0 fully saturated rings. The van der Waals surface area contributed by atoms with Crippen LogP contribution >= 0.6 is 15.9 Å². The molecule has 1 aromatic carbocycles. The molecule has 0 bridgehead atoms. The summed E-state index contributed by atoms with van der Waals surface area (Å²) in [6, 6.07) is 5.58. The van der Waals surface area contributed by atoms with Crippen molar-refractivity contribution in [2.75, 3.05) is 10.7 Å². The second-order valence-electron chi connectivity index (χ2n) is 3.85. The molecule has 2 rings (SSSR count). The number of carbonyl (C=O) groups excluding carboxylic acids is 1. The number of aryl methyl sites for hydroxylation is 1. The van der Waals surface area contributed by atoms with E-state index in [1.165, 1.54) is 12.4 Å². The van der Waals surface area contributed by atoms with Crippen molar-refractivity contribution in [3.63, 3.8) is 0 Å². The summed E-state index contributed by atoms with van der Waals surface area (Å²) in [5.41, 5.74) is 4.21. The minimum absolute atomic E-state index is 0.192. The molecule has 0 saturated heterocycles. The van der Waals surface area contributed by atoms with Gasteiger partial charge in [0.05, 0.1) is 12.4 Å². The normalized spacial score (nSPS) is 10.1. The molecule has 2 aromatic rings. The molecule has 0 spiro atoms. The lowest BCUT2D eigenvalue weighted by Gasteiger charge is -2.08. The average molecular weight is 322 g/mol. The molecule has 98 valence electrons. The Morgan fingerprint density at radius 1 is 1.37 bits per heavy atom. The molecule has 0 aliphatic heterocycles. The fourth-order valence-corrected chi connectivity index (χ4v) is 1.97. The van der Waals surface area contributed by atoms with Gasteiger partial charge in [0, 0.05) is 10.2 Å². The van der Waals surface area contributed by atoms with Gasteiger partial charge >= 0.3 is 0 Å². The van der Waals surface area contributed by atoms with Crippen LogP contribution in [0.5, 0.6) is 0 Å². The lowest BCUT2D eigenvalue weighted by molar-refractivity contribution is 0.102. The number of nitrogens with two attached hydrogens (primary N) is 1. The maximum Gasteiger partial charge on any atom is 0.275 e. The van der Waals surface area contributed by atoms with Gasteiger partial charge in [0.25, 0.3) is 5.91 Å². The van der Waals surface area contributed by atoms with Gasteiger partial charge in [0.1, 0.15) is 5.69 Å². The van der Waals surface area contributed by atoms with Gasteiger partial charge in [-0.2, -0.15) is 0 Å². The van der Waals surface area contributed by atoms with E-state index in [0.29, 0.717) is 5.82 Å². The number of nitrogens with zero attached hydrogens (tertiary/aromatic N) is 2. The van der Waals surface area contributed by atoms with Gasteiger partial charge in [-0.3, -0.25) is 9.78 Å². The van der Waals surface area contributed by atoms with Crippen LogP contribution in [0, 0.1) is 6.92 Å². The molecule has 1 aromatic heterocycles. The van der Waals surface area contributed by atoms with Crippen molar-refractivity contribution in [2.24, 2.45) is 5.84 Å². The van der Waals surface area contributed by atoms with Gasteiger partial charge in [-0.25, -0.2) is 10.8 Å². The molecule has 7 heteroatoms. The highest BCUT2D eigenvalue weighted by molar-refractivity contribution is 9.10. The number of rotatable bonds is 3. The first kappa shape index (κ1) is 13.4. The highest BCUT2D eigenvalue weighted by Crippen LogP contribution is 2.20. The first-order chi connectivity index (χ1) is 9.10. The number of halogens is 1. The first-order valence-electron chi connectivity index (χ1n) is 5.46. The van der Waals surface area contributed by atoms with Crippen LogP contribution in [-0.4, -0.2) is 15.9 Å². The van der Waals surface area contributed by atoms with Crippen LogP contribution in [-0.2, 0) is 0 Å². The fourth-order valence-electron chi connectivity index (χ4n) is 1.50. The number of benzene rings is 1. The summed E-state index contributed by atoms with van der Waals surface area (Å²) < 4.78 is 0.956. The monoisotopic (exact) mass is 321 g/mol. The summed E-state index contributed by atoms with van der Waals surface area (Å²) in [6.07, 6.45) is 2.81. The molecule has 0 unspecified atom stereocenters. The van der Waals surface area contributed by atoms with Crippen molar-refractivity contribution < 1.29 is 4.79 Å². The Morgan fingerprint density at radius 2 is 2.16 bits per heavy atom. The predicted octanol–water partition coefficient (Wildman–Crippen LogP) is 2.09. The van der Waals surface area contributed by atoms with E-state index in [9.17, 15) is 4.79 Å². The van der Waals surface area contributed by atoms with E-state index in [1.807, 2.05) is 25.1 Å². The van der Waals surface area contributed by atoms with Gasteiger partial charge in [0.2, 0.25) is 0 Å². The molecule has 1 amide bonds. The summed E-state index contributed by atoms with van der Waals surface area (Å²) in [5, 5.41) is 2.77. The number of nitrogen functional groups attached to an aromatic ring is 1. The van der Waals surface area contributed by atoms with Crippen LogP contribution in [0.25, 0.3) is 0 Å². The van der Waals surface area contributed by atoms with Crippen molar-refractivity contribution in [2.45, 2.75) is 6.92 Å². The Kier molecular flexibility index (Phi) is 4.08. The summed E-state index contributed by atoms with van der Waals surface area (Å²) in [7, 11) is 0. The number of anilines is 2. The van der Waals surface area contributed by atoms with E-state index in [-0.39, 0.29) is 11.6 Å². The predicted molar refractivity (Wildman–Crippen MR) is 76.7 cm³/mol. The number of hydrogen-bond acceptors (Lipinski definition) is 5. The van der Waals surface area contributed by atoms with E-state index in [4.69, 9.17) is 5.84 Å². The minimum atomic E-state index is -0.338. The Hall–Kier alpha value is -1.99. The molecule has 1 heterocycles. The quantitative estimate of drug-likeness (QED) is 0.594. The Morgan fingerprint density at radius 3 is 2.84 bits per heavy atom. The van der Waals surface area contributed by atoms with Crippen LogP contribution in [0.15, 0.2) is 35.1 Å². The number of hydrazine groups is 1. The van der Waals surface area contributed by atoms with Crippen LogP contribution in [0.2, 0.25) is 0 Å². The van der Waals surface area contributed by atoms with Crippen molar-refractivity contribution >= 4 is 33.3 Å². The zero-order valence-electron chi connectivity index (χ0n) is 10.1. The zero-order valence-corrected chi connectivity index (χ0v) is 11.7. The van der Waals surface area contributed by atoms with Gasteiger partial charge in [-0.05, 0) is 30.7 Å². The average Bonchev–Trinajstić information content (AvgIpc) is 2.42. The largest absolute Gasteiger partial charge is 0.320 e. The van der Waals surface area contributed by atoms with Crippen LogP contribution < -0.4 is 16.6 Å². The van der Waals surface area contributed by atoms with Gasteiger partial charge in [-0.15, -0.1) is 0 Å². The molecule has 0 atom stereocenters. The topological polar surface area (TPSA) is 92.9 Å². The van der Waals surface area contributed by atoms with Crippen LogP contribution in [0.3, 0.4) is 0 Å². The SMILES string of the molecule is Cc1cc(Br)ccc1NC(=O)c1cncc(NN)n1. The van der Waals surface area contributed by atoms with Crippen molar-refractivity contribution in [1.29, 1.82) is 0 Å². The highest BCUT2D eigenvalue weighted by Gasteiger charge is 2.10. The summed E-state index contributed by atoms with van der Waals surface area (Å²) >= 11 is 3.37. The summed E-state index contributed by atoms with van der Waals surface area (Å²) in [4.78, 5) is 19.9. The van der Waals surface area contributed by atoms with E-state index < -0.39 is 0 Å². The van der Waals surface area contributed by atoms with Crippen LogP contribution in [0.1, 0.15) is 16.1 Å². The van der Waals surface area contributed by atoms with Crippen molar-refractivity contribution in [3.05, 3.63) is 46.3 Å². The summed E-state index contributed by atoms with van der Waals surface area (Å²) in [5.74, 6) is 5.22. The third kappa shape index (κ3) is 3.27. The third-order valence-electron chi connectivity index (χ3n) is 2.45. The number of amides is 1. The summed E-state index contributed by atoms with van der Waals surface area (Å²) in [6.45, 7) is 1.91. The van der Waals surface area contributed by atoms with E-state index in [2.05, 4.69) is 36.6 Å². The molecule has 4 N–H and O–H groups in total. The van der Waals surface area contributed by atoms with E-state index >= 15 is 0 Å². The lowest BCUT2D eigenvalue weighted by atomic mass is 10.2. The molecule has 0 radical (unpaired) electrons. The first-order valence-corrected chi connectivity index (χ1v) is 6.25. The smallest absolute Gasteiger partial charge is 0.275 e. The number of aromatic nitrogens is 2. The lowest BCUT2D eigenvalue weighted by Crippen LogP contribution is -2.17. The van der Waals surface area contributed by atoms with E-state index in [1.54, 1.807) is 0 Å². The highest BCUT2D eigenvalue weighted by atomic mass is 79.9. The molecule has 0 saturated carbocycles. The third-order valence-corrected chi connectivity index (χ3v) is 2.94. The Labute approximate surface area is 118 Å². The minimum Gasteiger partial charge on any atom is -0.320 e. The van der Waals surface area contributed by atoms with Crippen molar-refractivity contribution in [1.82, 2.24) is 9.97 Å². The second kappa shape index (κ2) is 5.77. The maximum absolute atomic E-state index is 12.0. The zero-order chi connectivity index (χ0) is 13.8. The van der Waals surface area contributed by atoms with Gasteiger partial charge in [-0.1, -0.05) is 15.9 Å². The van der Waals surface area contributed by atoms with Gasteiger partial charge < -0.3 is 10.7 Å². The fraction of sp³-hybridized carbons (Fsp3) is 0.0833. The molecular weight excluding hydrogens is 310 g/mol. The second-order valence-corrected chi connectivity index (χ2v) is 4.76. The molecule has 0 aliphatic carbocycles. The Balaban J connectivity index is 2.20.